The number of carbonyl (C=O) groups is 1. The molecule has 2 fully saturated rings. The molecule has 2 N–H and O–H groups in total. The van der Waals surface area contributed by atoms with Crippen molar-refractivity contribution in [2.24, 2.45) is 5.92 Å². The fraction of sp³-hybridized carbons (Fsp3) is 0.733. The molecule has 134 valence electrons. The fourth-order valence-corrected chi connectivity index (χ4v) is 4.29. The monoisotopic (exact) mass is 356 g/mol. The van der Waals surface area contributed by atoms with Gasteiger partial charge in [0.05, 0.1) is 12.7 Å². The number of sulfonamides is 1. The molecule has 2 aliphatic carbocycles. The third-order valence-corrected chi connectivity index (χ3v) is 6.20. The number of carboxylic acid groups (broad SMARTS) is 1. The van der Waals surface area contributed by atoms with E-state index in [0.717, 1.165) is 6.54 Å². The quantitative estimate of drug-likeness (QED) is 0.668. The summed E-state index contributed by atoms with van der Waals surface area (Å²) in [5.74, 6) is -0.216. The van der Waals surface area contributed by atoms with Crippen molar-refractivity contribution in [3.8, 4) is 0 Å². The SMILES string of the molecule is CCn1cc(S(=O)(=O)NC2CC(N(CC(=O)O)CC3CC3)C2)cn1. The second-order valence-electron chi connectivity index (χ2n) is 6.74. The molecule has 24 heavy (non-hydrogen) atoms. The molecule has 0 aromatic carbocycles. The molecular formula is C15H24N4O4S. The summed E-state index contributed by atoms with van der Waals surface area (Å²) in [7, 11) is -3.56. The number of aryl methyl sites for hydroxylation is 1. The molecule has 0 atom stereocenters. The number of hydrogen-bond donors (Lipinski definition) is 2. The van der Waals surface area contributed by atoms with E-state index < -0.39 is 16.0 Å². The Hall–Kier alpha value is -1.45. The zero-order valence-corrected chi connectivity index (χ0v) is 14.6. The van der Waals surface area contributed by atoms with E-state index in [0.29, 0.717) is 25.3 Å². The average molecular weight is 356 g/mol. The van der Waals surface area contributed by atoms with Crippen LogP contribution in [0.4, 0.5) is 0 Å². The second kappa shape index (κ2) is 6.81. The summed E-state index contributed by atoms with van der Waals surface area (Å²) >= 11 is 0. The summed E-state index contributed by atoms with van der Waals surface area (Å²) < 4.78 is 28.9. The molecule has 1 aromatic heterocycles. The number of hydrogen-bond acceptors (Lipinski definition) is 5. The maximum absolute atomic E-state index is 12.3. The van der Waals surface area contributed by atoms with Gasteiger partial charge in [0.1, 0.15) is 4.90 Å². The van der Waals surface area contributed by atoms with Crippen LogP contribution in [0.2, 0.25) is 0 Å². The van der Waals surface area contributed by atoms with Gasteiger partial charge in [0.25, 0.3) is 0 Å². The Kier molecular flexibility index (Phi) is 4.93. The number of nitrogens with one attached hydrogen (secondary N) is 1. The minimum atomic E-state index is -3.56. The van der Waals surface area contributed by atoms with Crippen LogP contribution in [0.15, 0.2) is 17.3 Å². The summed E-state index contributed by atoms with van der Waals surface area (Å²) in [5.41, 5.74) is 0. The van der Waals surface area contributed by atoms with Crippen molar-refractivity contribution in [1.29, 1.82) is 0 Å². The van der Waals surface area contributed by atoms with Gasteiger partial charge in [-0.1, -0.05) is 0 Å². The average Bonchev–Trinajstić information content (AvgIpc) is 3.13. The highest BCUT2D eigenvalue weighted by molar-refractivity contribution is 7.89. The minimum Gasteiger partial charge on any atom is -0.480 e. The molecule has 8 nitrogen and oxygen atoms in total. The van der Waals surface area contributed by atoms with Crippen molar-refractivity contribution >= 4 is 16.0 Å². The highest BCUT2D eigenvalue weighted by atomic mass is 32.2. The van der Waals surface area contributed by atoms with Crippen molar-refractivity contribution < 1.29 is 18.3 Å². The first-order valence-electron chi connectivity index (χ1n) is 8.38. The van der Waals surface area contributed by atoms with Gasteiger partial charge in [-0.3, -0.25) is 14.4 Å². The second-order valence-corrected chi connectivity index (χ2v) is 8.46. The molecule has 0 saturated heterocycles. The molecule has 9 heteroatoms. The van der Waals surface area contributed by atoms with E-state index in [1.807, 2.05) is 11.8 Å². The molecule has 0 aliphatic heterocycles. The lowest BCUT2D eigenvalue weighted by Gasteiger charge is -2.42. The van der Waals surface area contributed by atoms with E-state index in [1.165, 1.54) is 25.2 Å². The van der Waals surface area contributed by atoms with Gasteiger partial charge in [-0.2, -0.15) is 5.10 Å². The Morgan fingerprint density at radius 3 is 2.71 bits per heavy atom. The van der Waals surface area contributed by atoms with E-state index in [9.17, 15) is 13.2 Å². The summed E-state index contributed by atoms with van der Waals surface area (Å²) in [4.78, 5) is 13.2. The molecule has 2 aliphatic rings. The van der Waals surface area contributed by atoms with Gasteiger partial charge in [-0.15, -0.1) is 0 Å². The molecule has 3 rings (SSSR count). The van der Waals surface area contributed by atoms with Gasteiger partial charge < -0.3 is 5.11 Å². The molecule has 0 radical (unpaired) electrons. The first-order valence-corrected chi connectivity index (χ1v) is 9.86. The number of aromatic nitrogens is 2. The van der Waals surface area contributed by atoms with Gasteiger partial charge in [0, 0.05) is 31.4 Å². The van der Waals surface area contributed by atoms with Gasteiger partial charge in [0.2, 0.25) is 10.0 Å². The Morgan fingerprint density at radius 2 is 2.17 bits per heavy atom. The van der Waals surface area contributed by atoms with Crippen molar-refractivity contribution in [2.75, 3.05) is 13.1 Å². The van der Waals surface area contributed by atoms with E-state index in [-0.39, 0.29) is 23.5 Å². The van der Waals surface area contributed by atoms with Gasteiger partial charge >= 0.3 is 5.97 Å². The van der Waals surface area contributed by atoms with E-state index in [4.69, 9.17) is 5.11 Å². The fourth-order valence-electron chi connectivity index (χ4n) is 3.07. The first-order chi connectivity index (χ1) is 11.4. The van der Waals surface area contributed by atoms with Gasteiger partial charge in [0.15, 0.2) is 0 Å². The van der Waals surface area contributed by atoms with Crippen molar-refractivity contribution in [3.05, 3.63) is 12.4 Å². The van der Waals surface area contributed by atoms with Crippen molar-refractivity contribution in [3.63, 3.8) is 0 Å². The van der Waals surface area contributed by atoms with Crippen LogP contribution in [0.3, 0.4) is 0 Å². The number of rotatable bonds is 9. The highest BCUT2D eigenvalue weighted by Crippen LogP contribution is 2.34. The van der Waals surface area contributed by atoms with Gasteiger partial charge in [-0.25, -0.2) is 13.1 Å². The molecule has 1 heterocycles. The maximum atomic E-state index is 12.3. The molecule has 0 amide bonds. The van der Waals surface area contributed by atoms with Crippen LogP contribution in [-0.2, 0) is 21.4 Å². The molecule has 1 aromatic rings. The van der Waals surface area contributed by atoms with Crippen LogP contribution < -0.4 is 4.72 Å². The Balaban J connectivity index is 1.54. The Bertz CT molecular complexity index is 692. The number of nitrogens with zero attached hydrogens (tertiary/aromatic N) is 3. The van der Waals surface area contributed by atoms with E-state index in [1.54, 1.807) is 4.68 Å². The third-order valence-electron chi connectivity index (χ3n) is 4.72. The lowest BCUT2D eigenvalue weighted by molar-refractivity contribution is -0.139. The molecular weight excluding hydrogens is 332 g/mol. The summed E-state index contributed by atoms with van der Waals surface area (Å²) in [6.07, 6.45) is 6.51. The summed E-state index contributed by atoms with van der Waals surface area (Å²) in [6.45, 7) is 3.35. The normalized spacial score (nSPS) is 24.1. The topological polar surface area (TPSA) is 105 Å². The smallest absolute Gasteiger partial charge is 0.317 e. The maximum Gasteiger partial charge on any atom is 0.317 e. The zero-order valence-electron chi connectivity index (χ0n) is 13.8. The largest absolute Gasteiger partial charge is 0.480 e. The number of aliphatic carboxylic acids is 1. The molecule has 0 unspecified atom stereocenters. The predicted molar refractivity (Wildman–Crippen MR) is 87.0 cm³/mol. The van der Waals surface area contributed by atoms with Crippen LogP contribution in [0.25, 0.3) is 0 Å². The lowest BCUT2D eigenvalue weighted by Crippen LogP contribution is -2.55. The van der Waals surface area contributed by atoms with Crippen LogP contribution in [0.5, 0.6) is 0 Å². The Labute approximate surface area is 141 Å². The van der Waals surface area contributed by atoms with Crippen LogP contribution in [-0.4, -0.2) is 59.3 Å². The van der Waals surface area contributed by atoms with Crippen molar-refractivity contribution in [2.45, 2.75) is 56.1 Å². The standard InChI is InChI=1S/C15H24N4O4S/c1-2-19-9-14(7-16-19)24(22,23)17-12-5-13(6-12)18(10-15(20)21)8-11-3-4-11/h7,9,11-13,17H,2-6,8,10H2,1H3,(H,20,21). The highest BCUT2D eigenvalue weighted by Gasteiger charge is 2.39. The predicted octanol–water partition coefficient (Wildman–Crippen LogP) is 0.509. The van der Waals surface area contributed by atoms with Crippen LogP contribution >= 0.6 is 0 Å². The molecule has 0 spiro atoms. The lowest BCUT2D eigenvalue weighted by atomic mass is 9.86. The van der Waals surface area contributed by atoms with Crippen LogP contribution in [0.1, 0.15) is 32.6 Å². The van der Waals surface area contributed by atoms with Crippen LogP contribution in [0, 0.1) is 5.92 Å². The van der Waals surface area contributed by atoms with Crippen molar-refractivity contribution in [1.82, 2.24) is 19.4 Å². The Morgan fingerprint density at radius 1 is 1.46 bits per heavy atom. The minimum absolute atomic E-state index is 0.0317. The third kappa shape index (κ3) is 4.14. The molecule has 0 bridgehead atoms. The summed E-state index contributed by atoms with van der Waals surface area (Å²) in [5, 5.41) is 13.0. The van der Waals surface area contributed by atoms with E-state index in [2.05, 4.69) is 9.82 Å². The van der Waals surface area contributed by atoms with Gasteiger partial charge in [-0.05, 0) is 38.5 Å². The number of carboxylic acids is 1. The summed E-state index contributed by atoms with van der Waals surface area (Å²) in [6, 6.07) is 0.00763. The first kappa shape index (κ1) is 17.4. The zero-order chi connectivity index (χ0) is 17.3. The molecule has 2 saturated carbocycles. The van der Waals surface area contributed by atoms with E-state index >= 15 is 0 Å².